The first-order chi connectivity index (χ1) is 11.8. The van der Waals surface area contributed by atoms with E-state index in [9.17, 15) is 4.79 Å². The number of carbonyl (C=O) groups is 1. The van der Waals surface area contributed by atoms with Crippen LogP contribution in [0.3, 0.4) is 0 Å². The lowest BCUT2D eigenvalue weighted by Crippen LogP contribution is -2.29. The molecule has 0 radical (unpaired) electrons. The van der Waals surface area contributed by atoms with Gasteiger partial charge in [-0.05, 0) is 53.3 Å². The molecule has 1 saturated carbocycles. The zero-order valence-corrected chi connectivity index (χ0v) is 13.8. The molecular formula is C17H21N5O2. The Hall–Kier alpha value is -2.44. The summed E-state index contributed by atoms with van der Waals surface area (Å²) in [5, 5.41) is 11.2. The van der Waals surface area contributed by atoms with Gasteiger partial charge < -0.3 is 9.64 Å². The van der Waals surface area contributed by atoms with Crippen LogP contribution in [0.4, 0.5) is 0 Å². The fourth-order valence-electron chi connectivity index (χ4n) is 4.03. The Morgan fingerprint density at radius 1 is 1.21 bits per heavy atom. The number of hydrogen-bond donors (Lipinski definition) is 0. The van der Waals surface area contributed by atoms with Gasteiger partial charge in [-0.15, -0.1) is 5.10 Å². The van der Waals surface area contributed by atoms with Gasteiger partial charge in [-0.2, -0.15) is 4.68 Å². The van der Waals surface area contributed by atoms with Crippen molar-refractivity contribution in [1.29, 1.82) is 0 Å². The Morgan fingerprint density at radius 3 is 2.58 bits per heavy atom. The predicted octanol–water partition coefficient (Wildman–Crippen LogP) is 1.93. The van der Waals surface area contributed by atoms with E-state index in [0.717, 1.165) is 13.1 Å². The molecule has 4 rings (SSSR count). The molecule has 2 aromatic rings. The molecule has 2 atom stereocenters. The van der Waals surface area contributed by atoms with E-state index in [4.69, 9.17) is 4.74 Å². The van der Waals surface area contributed by atoms with E-state index in [-0.39, 0.29) is 5.91 Å². The minimum Gasteiger partial charge on any atom is -0.494 e. The average Bonchev–Trinajstić information content (AvgIpc) is 3.29. The Kier molecular flexibility index (Phi) is 3.92. The number of methoxy groups -OCH3 is 1. The normalized spacial score (nSPS) is 23.1. The number of fused-ring (bicyclic) bond motifs is 1. The van der Waals surface area contributed by atoms with E-state index < -0.39 is 0 Å². The molecule has 1 saturated heterocycles. The molecule has 2 aliphatic rings. The fraction of sp³-hybridized carbons (Fsp3) is 0.529. The van der Waals surface area contributed by atoms with Crippen LogP contribution in [0, 0.1) is 11.8 Å². The van der Waals surface area contributed by atoms with Crippen LogP contribution in [-0.4, -0.2) is 51.2 Å². The summed E-state index contributed by atoms with van der Waals surface area (Å²) in [5.74, 6) is 2.08. The van der Waals surface area contributed by atoms with Gasteiger partial charge >= 0.3 is 0 Å². The maximum absolute atomic E-state index is 12.9. The van der Waals surface area contributed by atoms with Crippen molar-refractivity contribution in [1.82, 2.24) is 25.1 Å². The van der Waals surface area contributed by atoms with Crippen molar-refractivity contribution in [3.63, 3.8) is 0 Å². The van der Waals surface area contributed by atoms with E-state index in [0.29, 0.717) is 28.8 Å². The van der Waals surface area contributed by atoms with Crippen molar-refractivity contribution in [2.75, 3.05) is 20.2 Å². The number of likely N-dealkylation sites (tertiary alicyclic amines) is 1. The molecule has 7 nitrogen and oxygen atoms in total. The third kappa shape index (κ3) is 2.64. The van der Waals surface area contributed by atoms with Gasteiger partial charge in [0.1, 0.15) is 17.8 Å². The standard InChI is InChI=1S/C17H21N5O2/c1-24-16-7-6-12(8-15(16)22-11-18-19-20-22)17(23)21-9-13-4-2-3-5-14(13)10-21/h6-8,11,13-14H,2-5,9-10H2,1H3/t13-,14-/m1/s1. The molecule has 0 N–H and O–H groups in total. The first-order valence-corrected chi connectivity index (χ1v) is 8.47. The molecule has 2 heterocycles. The summed E-state index contributed by atoms with van der Waals surface area (Å²) in [6, 6.07) is 5.42. The van der Waals surface area contributed by atoms with E-state index in [2.05, 4.69) is 15.5 Å². The zero-order valence-electron chi connectivity index (χ0n) is 13.8. The van der Waals surface area contributed by atoms with E-state index in [1.807, 2.05) is 11.0 Å². The average molecular weight is 327 g/mol. The van der Waals surface area contributed by atoms with E-state index in [1.165, 1.54) is 36.7 Å². The Labute approximate surface area is 140 Å². The zero-order chi connectivity index (χ0) is 16.5. The smallest absolute Gasteiger partial charge is 0.253 e. The van der Waals surface area contributed by atoms with Gasteiger partial charge in [-0.3, -0.25) is 4.79 Å². The SMILES string of the molecule is COc1ccc(C(=O)N2C[C@H]3CCCC[C@@H]3C2)cc1-n1cnnn1. The van der Waals surface area contributed by atoms with Gasteiger partial charge in [0.25, 0.3) is 5.91 Å². The molecule has 1 aliphatic carbocycles. The van der Waals surface area contributed by atoms with Crippen LogP contribution in [0.5, 0.6) is 5.75 Å². The number of tetrazole rings is 1. The Bertz CT molecular complexity index is 717. The minimum atomic E-state index is 0.0846. The van der Waals surface area contributed by atoms with Crippen LogP contribution in [-0.2, 0) is 0 Å². The molecule has 0 spiro atoms. The summed E-state index contributed by atoms with van der Waals surface area (Å²) in [6.07, 6.45) is 6.61. The number of carbonyl (C=O) groups excluding carboxylic acids is 1. The summed E-state index contributed by atoms with van der Waals surface area (Å²) in [7, 11) is 1.59. The van der Waals surface area contributed by atoms with Crippen molar-refractivity contribution < 1.29 is 9.53 Å². The molecule has 0 bridgehead atoms. The molecule has 1 aromatic heterocycles. The lowest BCUT2D eigenvalue weighted by atomic mass is 9.82. The minimum absolute atomic E-state index is 0.0846. The van der Waals surface area contributed by atoms with Crippen LogP contribution in [0.2, 0.25) is 0 Å². The van der Waals surface area contributed by atoms with Gasteiger partial charge in [0.2, 0.25) is 0 Å². The van der Waals surface area contributed by atoms with Crippen LogP contribution < -0.4 is 4.74 Å². The third-order valence-electron chi connectivity index (χ3n) is 5.29. The maximum atomic E-state index is 12.9. The summed E-state index contributed by atoms with van der Waals surface area (Å²) in [6.45, 7) is 1.77. The van der Waals surface area contributed by atoms with Crippen LogP contribution in [0.25, 0.3) is 5.69 Å². The van der Waals surface area contributed by atoms with Gasteiger partial charge in [0.05, 0.1) is 7.11 Å². The third-order valence-corrected chi connectivity index (χ3v) is 5.29. The summed E-state index contributed by atoms with van der Waals surface area (Å²) < 4.78 is 6.88. The second-order valence-electron chi connectivity index (χ2n) is 6.66. The highest BCUT2D eigenvalue weighted by molar-refractivity contribution is 5.95. The lowest BCUT2D eigenvalue weighted by molar-refractivity contribution is 0.0784. The second-order valence-corrected chi connectivity index (χ2v) is 6.66. The van der Waals surface area contributed by atoms with Gasteiger partial charge in [0.15, 0.2) is 0 Å². The highest BCUT2D eigenvalue weighted by Gasteiger charge is 2.36. The molecule has 0 unspecified atom stereocenters. The van der Waals surface area contributed by atoms with Gasteiger partial charge in [0, 0.05) is 18.7 Å². The largest absolute Gasteiger partial charge is 0.494 e. The molecule has 7 heteroatoms. The molecule has 24 heavy (non-hydrogen) atoms. The lowest BCUT2D eigenvalue weighted by Gasteiger charge is -2.22. The van der Waals surface area contributed by atoms with E-state index in [1.54, 1.807) is 19.2 Å². The molecule has 1 aromatic carbocycles. The predicted molar refractivity (Wildman–Crippen MR) is 87.1 cm³/mol. The molecule has 1 amide bonds. The number of amides is 1. The monoisotopic (exact) mass is 327 g/mol. The topological polar surface area (TPSA) is 73.1 Å². The number of benzene rings is 1. The van der Waals surface area contributed by atoms with Crippen molar-refractivity contribution in [2.24, 2.45) is 11.8 Å². The van der Waals surface area contributed by atoms with Crippen molar-refractivity contribution >= 4 is 5.91 Å². The highest BCUT2D eigenvalue weighted by atomic mass is 16.5. The van der Waals surface area contributed by atoms with Crippen molar-refractivity contribution in [2.45, 2.75) is 25.7 Å². The highest BCUT2D eigenvalue weighted by Crippen LogP contribution is 2.36. The first kappa shape index (κ1) is 15.1. The van der Waals surface area contributed by atoms with Crippen LogP contribution >= 0.6 is 0 Å². The van der Waals surface area contributed by atoms with Crippen molar-refractivity contribution in [3.05, 3.63) is 30.1 Å². The first-order valence-electron chi connectivity index (χ1n) is 8.47. The summed E-state index contributed by atoms with van der Waals surface area (Å²) in [5.41, 5.74) is 1.32. The Balaban J connectivity index is 1.60. The fourth-order valence-corrected chi connectivity index (χ4v) is 4.03. The molecular weight excluding hydrogens is 306 g/mol. The maximum Gasteiger partial charge on any atom is 0.253 e. The summed E-state index contributed by atoms with van der Waals surface area (Å²) >= 11 is 0. The van der Waals surface area contributed by atoms with Gasteiger partial charge in [-0.1, -0.05) is 12.8 Å². The quantitative estimate of drug-likeness (QED) is 0.861. The summed E-state index contributed by atoms with van der Waals surface area (Å²) in [4.78, 5) is 14.9. The number of aromatic nitrogens is 4. The number of ether oxygens (including phenoxy) is 1. The molecule has 1 aliphatic heterocycles. The molecule has 126 valence electrons. The van der Waals surface area contributed by atoms with Crippen LogP contribution in [0.1, 0.15) is 36.0 Å². The molecule has 2 fully saturated rings. The second kappa shape index (κ2) is 6.22. The Morgan fingerprint density at radius 2 is 1.96 bits per heavy atom. The number of hydrogen-bond acceptors (Lipinski definition) is 5. The van der Waals surface area contributed by atoms with E-state index >= 15 is 0 Å². The van der Waals surface area contributed by atoms with Crippen LogP contribution in [0.15, 0.2) is 24.5 Å². The number of nitrogens with zero attached hydrogens (tertiary/aromatic N) is 5. The van der Waals surface area contributed by atoms with Crippen molar-refractivity contribution in [3.8, 4) is 11.4 Å². The number of rotatable bonds is 3. The van der Waals surface area contributed by atoms with Gasteiger partial charge in [-0.25, -0.2) is 0 Å².